The largest absolute Gasteiger partial charge is 0.491 e. The first-order chi connectivity index (χ1) is 28.9. The number of hydrogen-bond donors (Lipinski definition) is 2. The molecule has 0 saturated heterocycles. The first-order valence-corrected chi connectivity index (χ1v) is 20.6. The average Bonchev–Trinajstić information content (AvgIpc) is 3.76. The number of rotatable bonds is 23. The van der Waals surface area contributed by atoms with Crippen LogP contribution in [0.3, 0.4) is 0 Å². The number of benzene rings is 2. The lowest BCUT2D eigenvalue weighted by atomic mass is 9.83. The van der Waals surface area contributed by atoms with Gasteiger partial charge in [-0.1, -0.05) is 51.1 Å². The summed E-state index contributed by atoms with van der Waals surface area (Å²) in [6.45, 7) is 5.73. The van der Waals surface area contributed by atoms with Crippen molar-refractivity contribution in [3.63, 3.8) is 0 Å². The molecular formula is C42H50F5N5O8S. The standard InChI is InChI=1S/C42H50F5N5O8S/c1-41(2,3)39(33-22-29(31-23-30(43)10-11-32(31)44)25-50(33)24-28-8-5-4-6-9-28)51(35(54)14-21-61-27-34(53)49-16-7-15-48)17-18-58-19-20-59-26-38(60-40(57)42(45,46)47)52-36(55)12-13-37(52)56/h4-6,8-13,22-23,25,38-39H,7,14-21,24,26-27,48H2,1-3H3,(H,49,53)/t38?,39-/m0/s1. The molecule has 2 atom stereocenters. The number of ether oxygens (including phenoxy) is 3. The van der Waals surface area contributed by atoms with Gasteiger partial charge in [-0.2, -0.15) is 24.9 Å². The molecule has 1 unspecified atom stereocenters. The number of esters is 1. The number of aromatic nitrogens is 1. The highest BCUT2D eigenvalue weighted by molar-refractivity contribution is 7.99. The van der Waals surface area contributed by atoms with Crippen LogP contribution in [0.25, 0.3) is 11.1 Å². The first-order valence-electron chi connectivity index (χ1n) is 19.4. The molecule has 4 amide bonds. The molecule has 0 radical (unpaired) electrons. The molecular weight excluding hydrogens is 830 g/mol. The van der Waals surface area contributed by atoms with Crippen LogP contribution in [0, 0.1) is 17.0 Å². The summed E-state index contributed by atoms with van der Waals surface area (Å²) in [5.74, 6) is -5.91. The van der Waals surface area contributed by atoms with E-state index < -0.39 is 59.9 Å². The van der Waals surface area contributed by atoms with E-state index in [-0.39, 0.29) is 55.9 Å². The third-order valence-corrected chi connectivity index (χ3v) is 10.2. The van der Waals surface area contributed by atoms with Gasteiger partial charge >= 0.3 is 12.1 Å². The van der Waals surface area contributed by atoms with Gasteiger partial charge in [-0.15, -0.1) is 0 Å². The van der Waals surface area contributed by atoms with E-state index in [1.807, 2.05) is 55.7 Å². The lowest BCUT2D eigenvalue weighted by molar-refractivity contribution is -0.216. The predicted molar refractivity (Wildman–Crippen MR) is 216 cm³/mol. The topological polar surface area (TPSA) is 162 Å². The van der Waals surface area contributed by atoms with E-state index >= 15 is 4.39 Å². The van der Waals surface area contributed by atoms with Gasteiger partial charge in [0.1, 0.15) is 18.2 Å². The first kappa shape index (κ1) is 48.6. The van der Waals surface area contributed by atoms with Crippen LogP contribution in [0.15, 0.2) is 72.9 Å². The van der Waals surface area contributed by atoms with Crippen LogP contribution in [0.2, 0.25) is 0 Å². The zero-order chi connectivity index (χ0) is 44.7. The van der Waals surface area contributed by atoms with E-state index in [1.165, 1.54) is 11.8 Å². The third kappa shape index (κ3) is 14.5. The molecule has 1 aliphatic rings. The van der Waals surface area contributed by atoms with Gasteiger partial charge < -0.3 is 34.7 Å². The van der Waals surface area contributed by atoms with E-state index in [0.717, 1.165) is 35.9 Å². The van der Waals surface area contributed by atoms with E-state index in [1.54, 1.807) is 17.2 Å². The molecule has 3 aromatic rings. The van der Waals surface area contributed by atoms with E-state index in [2.05, 4.69) is 10.1 Å². The SMILES string of the molecule is CC(C)(C)[C@H](c1cc(-c2cc(F)ccc2F)cn1Cc1ccccc1)N(CCOCCOCC(OC(=O)C(F)(F)F)N1C(=O)C=CC1=O)C(=O)CCSCC(=O)NCCCN. The minimum atomic E-state index is -5.40. The normalized spacial score (nSPS) is 14.0. The Morgan fingerprint density at radius 1 is 0.934 bits per heavy atom. The van der Waals surface area contributed by atoms with Crippen LogP contribution in [0.4, 0.5) is 22.0 Å². The second-order valence-corrected chi connectivity index (χ2v) is 16.1. The highest BCUT2D eigenvalue weighted by Crippen LogP contribution is 2.41. The Kier molecular flexibility index (Phi) is 18.0. The van der Waals surface area contributed by atoms with Crippen molar-refractivity contribution in [3.8, 4) is 11.1 Å². The van der Waals surface area contributed by atoms with Crippen LogP contribution < -0.4 is 11.1 Å². The van der Waals surface area contributed by atoms with Crippen molar-refractivity contribution >= 4 is 41.4 Å². The number of carbonyl (C=O) groups is 5. The molecule has 0 aliphatic carbocycles. The summed E-state index contributed by atoms with van der Waals surface area (Å²) < 4.78 is 86.0. The Bertz CT molecular complexity index is 1990. The minimum absolute atomic E-state index is 0.0134. The fourth-order valence-corrected chi connectivity index (χ4v) is 7.22. The molecule has 3 N–H and O–H groups in total. The maximum Gasteiger partial charge on any atom is 0.491 e. The molecule has 19 heteroatoms. The molecule has 332 valence electrons. The molecule has 2 heterocycles. The molecule has 1 aromatic heterocycles. The summed E-state index contributed by atoms with van der Waals surface area (Å²) in [5.41, 5.74) is 6.79. The molecule has 1 aliphatic heterocycles. The Morgan fingerprint density at radius 2 is 1.62 bits per heavy atom. The zero-order valence-corrected chi connectivity index (χ0v) is 34.9. The maximum absolute atomic E-state index is 15.2. The van der Waals surface area contributed by atoms with Gasteiger partial charge in [-0.05, 0) is 48.2 Å². The van der Waals surface area contributed by atoms with Crippen molar-refractivity contribution in [2.75, 3.05) is 57.6 Å². The molecule has 0 bridgehead atoms. The third-order valence-electron chi connectivity index (χ3n) is 9.21. The fourth-order valence-electron chi connectivity index (χ4n) is 6.47. The van der Waals surface area contributed by atoms with Gasteiger partial charge in [0.15, 0.2) is 0 Å². The number of nitrogens with two attached hydrogens (primary N) is 1. The van der Waals surface area contributed by atoms with Crippen LogP contribution in [-0.2, 0) is 44.7 Å². The number of hydrogen-bond acceptors (Lipinski definition) is 10. The summed E-state index contributed by atoms with van der Waals surface area (Å²) in [4.78, 5) is 64.4. The molecule has 2 aromatic carbocycles. The van der Waals surface area contributed by atoms with Crippen molar-refractivity contribution in [2.45, 2.75) is 58.6 Å². The molecule has 0 spiro atoms. The van der Waals surface area contributed by atoms with Gasteiger partial charge in [0.25, 0.3) is 11.8 Å². The highest BCUT2D eigenvalue weighted by atomic mass is 32.2. The number of alkyl halides is 3. The van der Waals surface area contributed by atoms with Crippen LogP contribution in [0.5, 0.6) is 0 Å². The Hall–Kier alpha value is -5.11. The Labute approximate surface area is 354 Å². The van der Waals surface area contributed by atoms with Gasteiger partial charge in [0, 0.05) is 67.0 Å². The summed E-state index contributed by atoms with van der Waals surface area (Å²) in [6.07, 6.45) is -3.39. The van der Waals surface area contributed by atoms with E-state index in [4.69, 9.17) is 15.2 Å². The molecule has 13 nitrogen and oxygen atoms in total. The van der Waals surface area contributed by atoms with Crippen LogP contribution in [0.1, 0.15) is 50.9 Å². The Morgan fingerprint density at radius 3 is 2.28 bits per heavy atom. The van der Waals surface area contributed by atoms with Gasteiger partial charge in [-0.3, -0.25) is 19.2 Å². The second kappa shape index (κ2) is 22.7. The molecule has 0 fully saturated rings. The number of nitrogens with one attached hydrogen (secondary N) is 1. The van der Waals surface area contributed by atoms with Crippen molar-refractivity contribution in [3.05, 3.63) is 95.8 Å². The van der Waals surface area contributed by atoms with Gasteiger partial charge in [0.05, 0.1) is 31.6 Å². The minimum Gasteiger partial charge on any atom is -0.432 e. The molecule has 4 rings (SSSR count). The highest BCUT2D eigenvalue weighted by Gasteiger charge is 2.45. The predicted octanol–water partition coefficient (Wildman–Crippen LogP) is 5.38. The number of carbonyl (C=O) groups excluding carboxylic acids is 5. The maximum atomic E-state index is 15.2. The van der Waals surface area contributed by atoms with Crippen LogP contribution >= 0.6 is 11.8 Å². The van der Waals surface area contributed by atoms with E-state index in [9.17, 15) is 41.5 Å². The number of halogens is 5. The Balaban J connectivity index is 1.55. The fraction of sp³-hybridized carbons (Fsp3) is 0.452. The van der Waals surface area contributed by atoms with Gasteiger partial charge in [0.2, 0.25) is 18.0 Å². The monoisotopic (exact) mass is 879 g/mol. The number of nitrogens with zero attached hydrogens (tertiary/aromatic N) is 3. The van der Waals surface area contributed by atoms with Crippen LogP contribution in [-0.4, -0.2) is 114 Å². The van der Waals surface area contributed by atoms with Crippen molar-refractivity contribution in [1.29, 1.82) is 0 Å². The zero-order valence-electron chi connectivity index (χ0n) is 34.1. The quantitative estimate of drug-likeness (QED) is 0.0548. The van der Waals surface area contributed by atoms with E-state index in [0.29, 0.717) is 48.0 Å². The number of imide groups is 1. The summed E-state index contributed by atoms with van der Waals surface area (Å²) in [7, 11) is 0. The smallest absolute Gasteiger partial charge is 0.432 e. The average molecular weight is 880 g/mol. The lowest BCUT2D eigenvalue weighted by Crippen LogP contribution is -2.47. The van der Waals surface area contributed by atoms with Gasteiger partial charge in [-0.25, -0.2) is 18.5 Å². The summed E-state index contributed by atoms with van der Waals surface area (Å²) >= 11 is 1.28. The second-order valence-electron chi connectivity index (χ2n) is 15.0. The summed E-state index contributed by atoms with van der Waals surface area (Å²) in [5, 5.41) is 2.77. The molecule has 0 saturated carbocycles. The van der Waals surface area contributed by atoms with Crippen molar-refractivity contribution < 1.29 is 60.1 Å². The molecule has 61 heavy (non-hydrogen) atoms. The van der Waals surface area contributed by atoms with Crippen molar-refractivity contribution in [2.24, 2.45) is 11.1 Å². The number of amides is 4. The van der Waals surface area contributed by atoms with Crippen molar-refractivity contribution in [1.82, 2.24) is 19.7 Å². The summed E-state index contributed by atoms with van der Waals surface area (Å²) in [6, 6.07) is 13.7. The lowest BCUT2D eigenvalue weighted by Gasteiger charge is -2.41. The number of thioether (sulfide) groups is 1.